The summed E-state index contributed by atoms with van der Waals surface area (Å²) in [5, 5.41) is 0. The molecule has 0 aliphatic heterocycles. The minimum absolute atomic E-state index is 0.0392. The van der Waals surface area contributed by atoms with Gasteiger partial charge in [-0.15, -0.1) is 13.2 Å². The molecule has 18 heavy (non-hydrogen) atoms. The van der Waals surface area contributed by atoms with Crippen molar-refractivity contribution in [1.82, 2.24) is 0 Å². The zero-order chi connectivity index (χ0) is 13.3. The molecule has 2 rings (SSSR count). The number of rotatable bonds is 3. The van der Waals surface area contributed by atoms with Crippen molar-refractivity contribution < 1.29 is 27.4 Å². The zero-order valence-corrected chi connectivity index (χ0v) is 9.53. The lowest BCUT2D eigenvalue weighted by molar-refractivity contribution is -0.274. The molecule has 0 saturated heterocycles. The number of alkyl halides is 3. The number of halogens is 3. The van der Waals surface area contributed by atoms with Crippen LogP contribution >= 0.6 is 0 Å². The van der Waals surface area contributed by atoms with Gasteiger partial charge in [0.2, 0.25) is 0 Å². The predicted molar refractivity (Wildman–Crippen MR) is 56.0 cm³/mol. The van der Waals surface area contributed by atoms with E-state index in [0.717, 1.165) is 5.56 Å². The third kappa shape index (κ3) is 2.94. The normalized spacial score (nSPS) is 22.4. The number of esters is 1. The summed E-state index contributed by atoms with van der Waals surface area (Å²) in [5.74, 6) is -0.682. The Morgan fingerprint density at radius 1 is 1.28 bits per heavy atom. The van der Waals surface area contributed by atoms with Crippen LogP contribution in [0.5, 0.6) is 5.75 Å². The van der Waals surface area contributed by atoms with E-state index >= 15 is 0 Å². The number of benzene rings is 1. The van der Waals surface area contributed by atoms with Crippen LogP contribution in [0.3, 0.4) is 0 Å². The third-order valence-corrected chi connectivity index (χ3v) is 2.84. The first-order valence-electron chi connectivity index (χ1n) is 5.34. The molecule has 0 N–H and O–H groups in total. The summed E-state index contributed by atoms with van der Waals surface area (Å²) in [5.41, 5.74) is 0.819. The quantitative estimate of drug-likeness (QED) is 0.784. The van der Waals surface area contributed by atoms with Gasteiger partial charge in [-0.05, 0) is 30.0 Å². The first-order valence-corrected chi connectivity index (χ1v) is 5.34. The summed E-state index contributed by atoms with van der Waals surface area (Å²) in [4.78, 5) is 11.2. The Kier molecular flexibility index (Phi) is 3.19. The molecular weight excluding hydrogens is 249 g/mol. The van der Waals surface area contributed by atoms with Crippen molar-refractivity contribution in [2.45, 2.75) is 18.7 Å². The number of methoxy groups -OCH3 is 1. The minimum Gasteiger partial charge on any atom is -0.469 e. The molecule has 1 aliphatic rings. The Hall–Kier alpha value is -1.72. The lowest BCUT2D eigenvalue weighted by Gasteiger charge is -2.09. The molecule has 1 fully saturated rings. The van der Waals surface area contributed by atoms with E-state index < -0.39 is 6.36 Å². The van der Waals surface area contributed by atoms with Gasteiger partial charge in [-0.1, -0.05) is 12.1 Å². The SMILES string of the molecule is COC(=O)C1CC1c1ccc(OC(F)(F)F)cc1. The Labute approximate surface area is 102 Å². The predicted octanol–water partition coefficient (Wildman–Crippen LogP) is 2.86. The maximum atomic E-state index is 11.9. The van der Waals surface area contributed by atoms with Crippen molar-refractivity contribution in [1.29, 1.82) is 0 Å². The molecule has 1 aromatic carbocycles. The van der Waals surface area contributed by atoms with Crippen LogP contribution < -0.4 is 4.74 Å². The van der Waals surface area contributed by atoms with Crippen LogP contribution in [0.25, 0.3) is 0 Å². The van der Waals surface area contributed by atoms with Crippen LogP contribution in [0.4, 0.5) is 13.2 Å². The zero-order valence-electron chi connectivity index (χ0n) is 9.53. The fraction of sp³-hybridized carbons (Fsp3) is 0.417. The summed E-state index contributed by atoms with van der Waals surface area (Å²) in [6, 6.07) is 5.56. The summed E-state index contributed by atoms with van der Waals surface area (Å²) < 4.78 is 44.2. The summed E-state index contributed by atoms with van der Waals surface area (Å²) in [6.45, 7) is 0. The average Bonchev–Trinajstić information content (AvgIpc) is 3.07. The van der Waals surface area contributed by atoms with Crippen molar-refractivity contribution >= 4 is 5.97 Å². The Bertz CT molecular complexity index is 439. The lowest BCUT2D eigenvalue weighted by atomic mass is 10.1. The van der Waals surface area contributed by atoms with Gasteiger partial charge in [0, 0.05) is 0 Å². The highest BCUT2D eigenvalue weighted by atomic mass is 19.4. The van der Waals surface area contributed by atoms with Gasteiger partial charge in [0.05, 0.1) is 13.0 Å². The fourth-order valence-corrected chi connectivity index (χ4v) is 1.89. The second-order valence-electron chi connectivity index (χ2n) is 4.09. The first kappa shape index (κ1) is 12.7. The van der Waals surface area contributed by atoms with E-state index in [4.69, 9.17) is 0 Å². The molecule has 0 bridgehead atoms. The van der Waals surface area contributed by atoms with Crippen molar-refractivity contribution in [3.05, 3.63) is 29.8 Å². The number of ether oxygens (including phenoxy) is 2. The molecule has 2 atom stereocenters. The molecule has 6 heteroatoms. The van der Waals surface area contributed by atoms with E-state index in [1.54, 1.807) is 0 Å². The average molecular weight is 260 g/mol. The number of hydrogen-bond donors (Lipinski definition) is 0. The van der Waals surface area contributed by atoms with Gasteiger partial charge in [0.1, 0.15) is 5.75 Å². The van der Waals surface area contributed by atoms with E-state index in [0.29, 0.717) is 6.42 Å². The van der Waals surface area contributed by atoms with Gasteiger partial charge in [0.15, 0.2) is 0 Å². The van der Waals surface area contributed by atoms with E-state index in [9.17, 15) is 18.0 Å². The summed E-state index contributed by atoms with van der Waals surface area (Å²) in [6.07, 6.45) is -4.01. The van der Waals surface area contributed by atoms with Gasteiger partial charge < -0.3 is 9.47 Å². The topological polar surface area (TPSA) is 35.5 Å². The van der Waals surface area contributed by atoms with Crippen LogP contribution in [0.15, 0.2) is 24.3 Å². The molecule has 1 aromatic rings. The third-order valence-electron chi connectivity index (χ3n) is 2.84. The molecule has 1 saturated carbocycles. The Balaban J connectivity index is 1.99. The highest BCUT2D eigenvalue weighted by molar-refractivity contribution is 5.77. The molecule has 98 valence electrons. The molecule has 1 aliphatic carbocycles. The van der Waals surface area contributed by atoms with Crippen LogP contribution in [-0.2, 0) is 9.53 Å². The Morgan fingerprint density at radius 2 is 1.89 bits per heavy atom. The first-order chi connectivity index (χ1) is 8.40. The summed E-state index contributed by atoms with van der Waals surface area (Å²) in [7, 11) is 1.32. The summed E-state index contributed by atoms with van der Waals surface area (Å²) >= 11 is 0. The maximum absolute atomic E-state index is 11.9. The highest BCUT2D eigenvalue weighted by Gasteiger charge is 2.44. The lowest BCUT2D eigenvalue weighted by Crippen LogP contribution is -2.17. The number of hydrogen-bond acceptors (Lipinski definition) is 3. The number of carbonyl (C=O) groups excluding carboxylic acids is 1. The standard InChI is InChI=1S/C12H11F3O3/c1-17-11(16)10-6-9(10)7-2-4-8(5-3-7)18-12(13,14)15/h2-5,9-10H,6H2,1H3. The minimum atomic E-state index is -4.68. The van der Waals surface area contributed by atoms with Crippen molar-refractivity contribution in [3.63, 3.8) is 0 Å². The second kappa shape index (κ2) is 4.51. The van der Waals surface area contributed by atoms with E-state index in [-0.39, 0.29) is 23.6 Å². The van der Waals surface area contributed by atoms with Gasteiger partial charge in [-0.2, -0.15) is 0 Å². The van der Waals surface area contributed by atoms with Gasteiger partial charge in [-0.25, -0.2) is 0 Å². The molecule has 0 radical (unpaired) electrons. The number of carbonyl (C=O) groups is 1. The van der Waals surface area contributed by atoms with Crippen LogP contribution in [0.2, 0.25) is 0 Å². The highest BCUT2D eigenvalue weighted by Crippen LogP contribution is 2.48. The van der Waals surface area contributed by atoms with Gasteiger partial charge in [0.25, 0.3) is 0 Å². The van der Waals surface area contributed by atoms with Crippen molar-refractivity contribution in [2.24, 2.45) is 5.92 Å². The van der Waals surface area contributed by atoms with Crippen molar-refractivity contribution in [3.8, 4) is 5.75 Å². The van der Waals surface area contributed by atoms with E-state index in [2.05, 4.69) is 9.47 Å². The molecule has 0 spiro atoms. The van der Waals surface area contributed by atoms with Crippen LogP contribution in [-0.4, -0.2) is 19.4 Å². The van der Waals surface area contributed by atoms with Gasteiger partial charge >= 0.3 is 12.3 Å². The molecule has 0 amide bonds. The van der Waals surface area contributed by atoms with Gasteiger partial charge in [-0.3, -0.25) is 4.79 Å². The smallest absolute Gasteiger partial charge is 0.469 e. The van der Waals surface area contributed by atoms with E-state index in [1.165, 1.54) is 31.4 Å². The largest absolute Gasteiger partial charge is 0.573 e. The molecule has 2 unspecified atom stereocenters. The molecule has 3 nitrogen and oxygen atoms in total. The van der Waals surface area contributed by atoms with Crippen LogP contribution in [0, 0.1) is 5.92 Å². The van der Waals surface area contributed by atoms with E-state index in [1.807, 2.05) is 0 Å². The molecule has 0 aromatic heterocycles. The Morgan fingerprint density at radius 3 is 2.39 bits per heavy atom. The maximum Gasteiger partial charge on any atom is 0.573 e. The fourth-order valence-electron chi connectivity index (χ4n) is 1.89. The monoisotopic (exact) mass is 260 g/mol. The second-order valence-corrected chi connectivity index (χ2v) is 4.09. The van der Waals surface area contributed by atoms with Crippen molar-refractivity contribution in [2.75, 3.05) is 7.11 Å². The molecule has 0 heterocycles. The molecular formula is C12H11F3O3. The van der Waals surface area contributed by atoms with Crippen LogP contribution in [0.1, 0.15) is 17.9 Å².